The van der Waals surface area contributed by atoms with E-state index in [0.29, 0.717) is 24.8 Å². The molecule has 0 aliphatic carbocycles. The van der Waals surface area contributed by atoms with Crippen LogP contribution >= 0.6 is 0 Å². The summed E-state index contributed by atoms with van der Waals surface area (Å²) in [6.07, 6.45) is 6.66. The SMILES string of the molecule is CN1C(=O)[C@H](NC(=O)n2cc(Cc3ccccn3)cn2)CCc2ccc(C#CC(C)(C)O)cc21. The summed E-state index contributed by atoms with van der Waals surface area (Å²) >= 11 is 0. The molecule has 0 fully saturated rings. The summed E-state index contributed by atoms with van der Waals surface area (Å²) in [4.78, 5) is 31.8. The van der Waals surface area contributed by atoms with Crippen molar-refractivity contribution in [3.05, 3.63) is 77.4 Å². The molecule has 0 unspecified atom stereocenters. The largest absolute Gasteiger partial charge is 0.378 e. The molecule has 2 aromatic heterocycles. The Hall–Kier alpha value is -3.96. The number of likely N-dealkylation sites (N-methyl/N-ethyl adjacent to an activating group) is 1. The highest BCUT2D eigenvalue weighted by molar-refractivity contribution is 6.00. The van der Waals surface area contributed by atoms with Crippen molar-refractivity contribution in [1.82, 2.24) is 20.1 Å². The molecule has 1 aliphatic rings. The predicted molar refractivity (Wildman–Crippen MR) is 128 cm³/mol. The van der Waals surface area contributed by atoms with Gasteiger partial charge in [-0.15, -0.1) is 0 Å². The van der Waals surface area contributed by atoms with Crippen molar-refractivity contribution in [2.75, 3.05) is 11.9 Å². The zero-order valence-corrected chi connectivity index (χ0v) is 19.4. The number of carbonyl (C=O) groups is 2. The molecule has 4 rings (SSSR count). The third-order valence-electron chi connectivity index (χ3n) is 5.54. The molecule has 0 saturated heterocycles. The Kier molecular flexibility index (Phi) is 6.48. The maximum Gasteiger partial charge on any atom is 0.342 e. The highest BCUT2D eigenvalue weighted by Gasteiger charge is 2.30. The van der Waals surface area contributed by atoms with Crippen molar-refractivity contribution in [2.45, 2.75) is 44.8 Å². The molecular weight excluding hydrogens is 430 g/mol. The lowest BCUT2D eigenvalue weighted by atomic mass is 10.0. The van der Waals surface area contributed by atoms with E-state index in [0.717, 1.165) is 22.5 Å². The van der Waals surface area contributed by atoms with Gasteiger partial charge in [0.1, 0.15) is 11.6 Å². The normalized spacial score (nSPS) is 15.7. The molecule has 8 heteroatoms. The zero-order chi connectivity index (χ0) is 24.3. The number of aromatic nitrogens is 3. The first kappa shape index (κ1) is 23.2. The van der Waals surface area contributed by atoms with Crippen LogP contribution in [0.2, 0.25) is 0 Å². The first-order chi connectivity index (χ1) is 16.2. The van der Waals surface area contributed by atoms with E-state index in [9.17, 15) is 14.7 Å². The second-order valence-corrected chi connectivity index (χ2v) is 8.88. The maximum atomic E-state index is 13.1. The number of fused-ring (bicyclic) bond motifs is 1. The molecule has 2 amide bonds. The van der Waals surface area contributed by atoms with Crippen molar-refractivity contribution in [1.29, 1.82) is 0 Å². The first-order valence-corrected chi connectivity index (χ1v) is 11.1. The molecule has 3 aromatic rings. The van der Waals surface area contributed by atoms with Gasteiger partial charge in [0, 0.05) is 42.8 Å². The Morgan fingerprint density at radius 2 is 2.12 bits per heavy atom. The zero-order valence-electron chi connectivity index (χ0n) is 19.4. The van der Waals surface area contributed by atoms with E-state index in [-0.39, 0.29) is 5.91 Å². The van der Waals surface area contributed by atoms with Gasteiger partial charge in [-0.1, -0.05) is 24.0 Å². The van der Waals surface area contributed by atoms with Gasteiger partial charge in [-0.25, -0.2) is 4.79 Å². The molecule has 2 N–H and O–H groups in total. The van der Waals surface area contributed by atoms with E-state index in [1.807, 2.05) is 36.4 Å². The number of aliphatic hydroxyl groups is 1. The van der Waals surface area contributed by atoms with Gasteiger partial charge in [0.2, 0.25) is 5.91 Å². The minimum atomic E-state index is -1.10. The van der Waals surface area contributed by atoms with E-state index in [4.69, 9.17) is 0 Å². The highest BCUT2D eigenvalue weighted by Crippen LogP contribution is 2.27. The number of amides is 2. The minimum Gasteiger partial charge on any atom is -0.378 e. The number of anilines is 1. The van der Waals surface area contributed by atoms with E-state index in [2.05, 4.69) is 27.2 Å². The molecule has 34 heavy (non-hydrogen) atoms. The third-order valence-corrected chi connectivity index (χ3v) is 5.54. The van der Waals surface area contributed by atoms with E-state index >= 15 is 0 Å². The molecule has 1 aliphatic heterocycles. The lowest BCUT2D eigenvalue weighted by Crippen LogP contribution is -2.48. The lowest BCUT2D eigenvalue weighted by Gasteiger charge is -2.22. The molecule has 1 aromatic carbocycles. The standard InChI is InChI=1S/C26H27N5O3/c1-26(2,34)12-11-18-7-8-20-9-10-22(24(32)30(3)23(20)15-18)29-25(33)31-17-19(16-28-31)14-21-6-4-5-13-27-21/h4-8,13,15-17,22,34H,9-10,14H2,1-3H3,(H,29,33)/t22-/m1/s1. The van der Waals surface area contributed by atoms with E-state index < -0.39 is 17.7 Å². The summed E-state index contributed by atoms with van der Waals surface area (Å²) in [5.41, 5.74) is 3.09. The molecule has 0 saturated carbocycles. The Morgan fingerprint density at radius 1 is 1.29 bits per heavy atom. The Morgan fingerprint density at radius 3 is 2.85 bits per heavy atom. The summed E-state index contributed by atoms with van der Waals surface area (Å²) in [5, 5.41) is 16.8. The van der Waals surface area contributed by atoms with Gasteiger partial charge in [-0.2, -0.15) is 9.78 Å². The number of nitrogens with one attached hydrogen (secondary N) is 1. The molecule has 174 valence electrons. The fraction of sp³-hybridized carbons (Fsp3) is 0.308. The van der Waals surface area contributed by atoms with Gasteiger partial charge in [0.25, 0.3) is 0 Å². The molecule has 0 bridgehead atoms. The second kappa shape index (κ2) is 9.49. The number of hydrogen-bond acceptors (Lipinski definition) is 5. The monoisotopic (exact) mass is 457 g/mol. The summed E-state index contributed by atoms with van der Waals surface area (Å²) in [6, 6.07) is 10.2. The Bertz CT molecular complexity index is 1260. The van der Waals surface area contributed by atoms with Crippen LogP contribution in [0.4, 0.5) is 10.5 Å². The van der Waals surface area contributed by atoms with Crippen LogP contribution in [0.3, 0.4) is 0 Å². The summed E-state index contributed by atoms with van der Waals surface area (Å²) < 4.78 is 1.22. The number of nitrogens with zero attached hydrogens (tertiary/aromatic N) is 4. The van der Waals surface area contributed by atoms with Crippen LogP contribution in [0.25, 0.3) is 0 Å². The predicted octanol–water partition coefficient (Wildman–Crippen LogP) is 2.53. The summed E-state index contributed by atoms with van der Waals surface area (Å²) in [6.45, 7) is 3.24. The van der Waals surface area contributed by atoms with Crippen LogP contribution in [0, 0.1) is 11.8 Å². The third kappa shape index (κ3) is 5.50. The number of hydrogen-bond donors (Lipinski definition) is 2. The van der Waals surface area contributed by atoms with Crippen molar-refractivity contribution in [2.24, 2.45) is 0 Å². The van der Waals surface area contributed by atoms with Crippen LogP contribution in [0.1, 0.15) is 42.7 Å². The van der Waals surface area contributed by atoms with Crippen LogP contribution < -0.4 is 10.2 Å². The lowest BCUT2D eigenvalue weighted by molar-refractivity contribution is -0.120. The summed E-state index contributed by atoms with van der Waals surface area (Å²) in [7, 11) is 1.69. The number of aryl methyl sites for hydroxylation is 1. The van der Waals surface area contributed by atoms with Crippen molar-refractivity contribution in [3.63, 3.8) is 0 Å². The van der Waals surface area contributed by atoms with Crippen LogP contribution in [-0.2, 0) is 17.6 Å². The van der Waals surface area contributed by atoms with Gasteiger partial charge in [-0.3, -0.25) is 9.78 Å². The van der Waals surface area contributed by atoms with Gasteiger partial charge in [0.15, 0.2) is 0 Å². The van der Waals surface area contributed by atoms with Crippen LogP contribution in [-0.4, -0.2) is 50.5 Å². The van der Waals surface area contributed by atoms with Gasteiger partial charge in [-0.05, 0) is 62.1 Å². The fourth-order valence-corrected chi connectivity index (χ4v) is 3.79. The maximum absolute atomic E-state index is 13.1. The number of pyridine rings is 1. The van der Waals surface area contributed by atoms with E-state index in [1.165, 1.54) is 4.68 Å². The molecule has 8 nitrogen and oxygen atoms in total. The van der Waals surface area contributed by atoms with Crippen molar-refractivity contribution >= 4 is 17.6 Å². The smallest absolute Gasteiger partial charge is 0.342 e. The molecule has 0 spiro atoms. The number of carbonyl (C=O) groups excluding carboxylic acids is 2. The fourth-order valence-electron chi connectivity index (χ4n) is 3.79. The number of benzene rings is 1. The second-order valence-electron chi connectivity index (χ2n) is 8.88. The van der Waals surface area contributed by atoms with Gasteiger partial charge >= 0.3 is 6.03 Å². The van der Waals surface area contributed by atoms with Crippen LogP contribution in [0.5, 0.6) is 0 Å². The molecular formula is C26H27N5O3. The van der Waals surface area contributed by atoms with Crippen molar-refractivity contribution in [3.8, 4) is 11.8 Å². The van der Waals surface area contributed by atoms with Crippen molar-refractivity contribution < 1.29 is 14.7 Å². The topological polar surface area (TPSA) is 100 Å². The van der Waals surface area contributed by atoms with Crippen LogP contribution in [0.15, 0.2) is 55.0 Å². The molecule has 3 heterocycles. The molecule has 1 atom stereocenters. The summed E-state index contributed by atoms with van der Waals surface area (Å²) in [5.74, 6) is 5.53. The average molecular weight is 458 g/mol. The first-order valence-electron chi connectivity index (χ1n) is 11.1. The average Bonchev–Trinajstić information content (AvgIpc) is 3.24. The Labute approximate surface area is 198 Å². The quantitative estimate of drug-likeness (QED) is 0.589. The van der Waals surface area contributed by atoms with Gasteiger partial charge < -0.3 is 15.3 Å². The van der Waals surface area contributed by atoms with E-state index in [1.54, 1.807) is 44.4 Å². The Balaban J connectivity index is 1.46. The minimum absolute atomic E-state index is 0.208. The molecule has 0 radical (unpaired) electrons. The highest BCUT2D eigenvalue weighted by atomic mass is 16.3. The van der Waals surface area contributed by atoms with Gasteiger partial charge in [0.05, 0.1) is 6.20 Å². The number of rotatable bonds is 3.